The molecule has 4 nitrogen and oxygen atoms in total. The van der Waals surface area contributed by atoms with Crippen molar-refractivity contribution < 1.29 is 12.8 Å². The molecule has 2 aromatic carbocycles. The van der Waals surface area contributed by atoms with Crippen LogP contribution in [0.2, 0.25) is 5.02 Å². The highest BCUT2D eigenvalue weighted by Crippen LogP contribution is 2.31. The summed E-state index contributed by atoms with van der Waals surface area (Å²) in [6, 6.07) is 7.01. The smallest absolute Gasteiger partial charge is 0.262 e. The second-order valence-corrected chi connectivity index (χ2v) is 6.70. The monoisotopic (exact) mass is 328 g/mol. The molecule has 0 aliphatic heterocycles. The van der Waals surface area contributed by atoms with Gasteiger partial charge in [0.2, 0.25) is 0 Å². The minimum absolute atomic E-state index is 0.0169. The molecule has 3 N–H and O–H groups in total. The topological polar surface area (TPSA) is 72.2 Å². The molecule has 0 spiro atoms. The van der Waals surface area contributed by atoms with Gasteiger partial charge in [0.1, 0.15) is 5.82 Å². The predicted molar refractivity (Wildman–Crippen MR) is 82.5 cm³/mol. The lowest BCUT2D eigenvalue weighted by atomic mass is 10.1. The fourth-order valence-corrected chi connectivity index (χ4v) is 4.00. The van der Waals surface area contributed by atoms with Crippen LogP contribution in [0.3, 0.4) is 0 Å². The number of nitrogens with two attached hydrogens (primary N) is 1. The molecule has 2 rings (SSSR count). The lowest BCUT2D eigenvalue weighted by Crippen LogP contribution is -2.17. The lowest BCUT2D eigenvalue weighted by molar-refractivity contribution is 0.597. The first-order chi connectivity index (χ1) is 9.72. The van der Waals surface area contributed by atoms with Gasteiger partial charge in [-0.2, -0.15) is 0 Å². The van der Waals surface area contributed by atoms with Gasteiger partial charge in [-0.1, -0.05) is 17.7 Å². The van der Waals surface area contributed by atoms with E-state index in [1.165, 1.54) is 26.0 Å². The Morgan fingerprint density at radius 1 is 1.19 bits per heavy atom. The summed E-state index contributed by atoms with van der Waals surface area (Å²) in [5.74, 6) is -0.485. The highest BCUT2D eigenvalue weighted by molar-refractivity contribution is 7.92. The number of nitrogen functional groups attached to an aromatic ring is 1. The molecule has 0 saturated heterocycles. The quantitative estimate of drug-likeness (QED) is 0.847. The van der Waals surface area contributed by atoms with Crippen molar-refractivity contribution in [2.24, 2.45) is 0 Å². The van der Waals surface area contributed by atoms with Gasteiger partial charge in [0.25, 0.3) is 10.0 Å². The van der Waals surface area contributed by atoms with Crippen LogP contribution in [0.5, 0.6) is 0 Å². The van der Waals surface area contributed by atoms with Gasteiger partial charge in [0, 0.05) is 0 Å². The summed E-state index contributed by atoms with van der Waals surface area (Å²) in [5.41, 5.74) is 6.68. The van der Waals surface area contributed by atoms with Gasteiger partial charge in [-0.05, 0) is 49.2 Å². The van der Waals surface area contributed by atoms with E-state index in [1.54, 1.807) is 6.07 Å². The number of benzene rings is 2. The summed E-state index contributed by atoms with van der Waals surface area (Å²) >= 11 is 5.96. The van der Waals surface area contributed by atoms with E-state index in [0.29, 0.717) is 11.1 Å². The van der Waals surface area contributed by atoms with Crippen LogP contribution in [0.4, 0.5) is 15.8 Å². The Morgan fingerprint density at radius 2 is 1.76 bits per heavy atom. The summed E-state index contributed by atoms with van der Waals surface area (Å²) in [5, 5.41) is 0.191. The predicted octanol–water partition coefficient (Wildman–Crippen LogP) is 3.48. The van der Waals surface area contributed by atoms with Crippen molar-refractivity contribution in [2.75, 3.05) is 10.5 Å². The maximum atomic E-state index is 13.3. The van der Waals surface area contributed by atoms with E-state index in [4.69, 9.17) is 17.3 Å². The number of anilines is 2. The third-order valence-corrected chi connectivity index (χ3v) is 4.95. The molecule has 0 aliphatic carbocycles. The average molecular weight is 329 g/mol. The van der Waals surface area contributed by atoms with Gasteiger partial charge < -0.3 is 5.73 Å². The molecule has 0 aromatic heterocycles. The van der Waals surface area contributed by atoms with Crippen LogP contribution in [-0.4, -0.2) is 8.42 Å². The Hall–Kier alpha value is -1.79. The van der Waals surface area contributed by atoms with E-state index in [2.05, 4.69) is 4.72 Å². The van der Waals surface area contributed by atoms with Crippen LogP contribution < -0.4 is 10.5 Å². The molecule has 0 aliphatic rings. The Kier molecular flexibility index (Phi) is 4.11. The molecular weight excluding hydrogens is 315 g/mol. The molecule has 0 amide bonds. The molecule has 0 saturated carbocycles. The minimum atomic E-state index is -3.92. The molecule has 0 unspecified atom stereocenters. The van der Waals surface area contributed by atoms with Crippen LogP contribution in [-0.2, 0) is 10.0 Å². The summed E-state index contributed by atoms with van der Waals surface area (Å²) < 4.78 is 40.7. The van der Waals surface area contributed by atoms with Gasteiger partial charge in [-0.3, -0.25) is 4.72 Å². The van der Waals surface area contributed by atoms with Gasteiger partial charge in [0.05, 0.1) is 21.3 Å². The van der Waals surface area contributed by atoms with E-state index in [0.717, 1.165) is 12.1 Å². The molecule has 0 atom stereocenters. The van der Waals surface area contributed by atoms with Crippen LogP contribution in [0, 0.1) is 19.7 Å². The highest BCUT2D eigenvalue weighted by atomic mass is 35.5. The zero-order chi connectivity index (χ0) is 15.8. The number of sulfonamides is 1. The lowest BCUT2D eigenvalue weighted by Gasteiger charge is -2.15. The van der Waals surface area contributed by atoms with Crippen LogP contribution in [0.25, 0.3) is 0 Å². The summed E-state index contributed by atoms with van der Waals surface area (Å²) in [6.45, 7) is 3.06. The maximum Gasteiger partial charge on any atom is 0.262 e. The maximum absolute atomic E-state index is 13.3. The normalized spacial score (nSPS) is 11.4. The number of para-hydroxylation sites is 1. The Bertz CT molecular complexity index is 763. The van der Waals surface area contributed by atoms with E-state index in [-0.39, 0.29) is 21.3 Å². The number of nitrogens with one attached hydrogen (secondary N) is 1. The number of hydrogen-bond acceptors (Lipinski definition) is 3. The summed E-state index contributed by atoms with van der Waals surface area (Å²) in [6.07, 6.45) is 0. The van der Waals surface area contributed by atoms with Gasteiger partial charge in [0.15, 0.2) is 0 Å². The number of aryl methyl sites for hydroxylation is 2. The first-order valence-corrected chi connectivity index (χ1v) is 7.92. The molecule has 0 heterocycles. The fourth-order valence-electron chi connectivity index (χ4n) is 2.16. The Balaban J connectivity index is 2.54. The van der Waals surface area contributed by atoms with E-state index in [1.807, 2.05) is 0 Å². The molecule has 0 fully saturated rings. The summed E-state index contributed by atoms with van der Waals surface area (Å²) in [7, 11) is -3.92. The van der Waals surface area contributed by atoms with Crippen molar-refractivity contribution in [3.8, 4) is 0 Å². The largest absolute Gasteiger partial charge is 0.397 e. The zero-order valence-electron chi connectivity index (χ0n) is 11.4. The van der Waals surface area contributed by atoms with Crippen molar-refractivity contribution in [2.45, 2.75) is 18.7 Å². The molecule has 0 radical (unpaired) electrons. The van der Waals surface area contributed by atoms with Gasteiger partial charge >= 0.3 is 0 Å². The van der Waals surface area contributed by atoms with E-state index >= 15 is 0 Å². The number of rotatable bonds is 3. The van der Waals surface area contributed by atoms with Crippen LogP contribution in [0.1, 0.15) is 11.1 Å². The van der Waals surface area contributed by atoms with Crippen molar-refractivity contribution in [3.05, 3.63) is 52.3 Å². The minimum Gasteiger partial charge on any atom is -0.397 e. The Morgan fingerprint density at radius 3 is 2.29 bits per heavy atom. The molecular formula is C14H14ClFN2O2S. The summed E-state index contributed by atoms with van der Waals surface area (Å²) in [4.78, 5) is 0.0169. The first kappa shape index (κ1) is 15.6. The molecule has 0 bridgehead atoms. The first-order valence-electron chi connectivity index (χ1n) is 6.06. The van der Waals surface area contributed by atoms with Crippen molar-refractivity contribution in [1.82, 2.24) is 0 Å². The fraction of sp³-hybridized carbons (Fsp3) is 0.143. The van der Waals surface area contributed by atoms with Gasteiger partial charge in [-0.25, -0.2) is 12.8 Å². The van der Waals surface area contributed by atoms with Crippen molar-refractivity contribution in [3.63, 3.8) is 0 Å². The second-order valence-electron chi connectivity index (χ2n) is 4.68. The third kappa shape index (κ3) is 3.11. The Labute approximate surface area is 127 Å². The van der Waals surface area contributed by atoms with E-state index < -0.39 is 15.8 Å². The molecule has 21 heavy (non-hydrogen) atoms. The molecule has 2 aromatic rings. The highest BCUT2D eigenvalue weighted by Gasteiger charge is 2.22. The van der Waals surface area contributed by atoms with Gasteiger partial charge in [-0.15, -0.1) is 0 Å². The number of hydrogen-bond donors (Lipinski definition) is 2. The number of halogens is 2. The molecule has 7 heteroatoms. The van der Waals surface area contributed by atoms with E-state index in [9.17, 15) is 12.8 Å². The standard InChI is InChI=1S/C14H14ClFN2O2S/c1-8-6-10(16)7-9(2)14(8)21(19,20)18-13-11(15)4-3-5-12(13)17/h3-7,18H,17H2,1-2H3. The van der Waals surface area contributed by atoms with Crippen molar-refractivity contribution in [1.29, 1.82) is 0 Å². The third-order valence-electron chi connectivity index (χ3n) is 2.98. The SMILES string of the molecule is Cc1cc(F)cc(C)c1S(=O)(=O)Nc1c(N)cccc1Cl. The average Bonchev–Trinajstić information content (AvgIpc) is 2.32. The zero-order valence-corrected chi connectivity index (χ0v) is 13.0. The van der Waals surface area contributed by atoms with Crippen molar-refractivity contribution >= 4 is 33.0 Å². The van der Waals surface area contributed by atoms with Crippen LogP contribution in [0.15, 0.2) is 35.2 Å². The second kappa shape index (κ2) is 5.54. The molecule has 112 valence electrons. The van der Waals surface area contributed by atoms with Crippen LogP contribution >= 0.6 is 11.6 Å².